The van der Waals surface area contributed by atoms with Crippen LogP contribution < -0.4 is 16.2 Å². The number of nitrogen functional groups attached to an aromatic ring is 1. The van der Waals surface area contributed by atoms with Crippen molar-refractivity contribution in [2.45, 2.75) is 11.8 Å². The van der Waals surface area contributed by atoms with E-state index in [2.05, 4.69) is 9.71 Å². The lowest BCUT2D eigenvalue weighted by Gasteiger charge is -2.10. The molecule has 0 unspecified atom stereocenters. The van der Waals surface area contributed by atoms with Gasteiger partial charge in [-0.05, 0) is 36.8 Å². The van der Waals surface area contributed by atoms with Gasteiger partial charge in [-0.15, -0.1) is 0 Å². The van der Waals surface area contributed by atoms with Crippen LogP contribution in [0.5, 0.6) is 0 Å². The van der Waals surface area contributed by atoms with Crippen LogP contribution in [-0.2, 0) is 10.0 Å². The normalized spacial score (nSPS) is 11.1. The molecule has 1 aromatic heterocycles. The lowest BCUT2D eigenvalue weighted by atomic mass is 10.2. The molecule has 2 aromatic rings. The van der Waals surface area contributed by atoms with Gasteiger partial charge in [0.1, 0.15) is 10.7 Å². The molecule has 0 fully saturated rings. The lowest BCUT2D eigenvalue weighted by Crippen LogP contribution is -2.17. The molecule has 0 saturated heterocycles. The van der Waals surface area contributed by atoms with Crippen LogP contribution in [0.15, 0.2) is 41.4 Å². The van der Waals surface area contributed by atoms with E-state index < -0.39 is 15.9 Å². The minimum Gasteiger partial charge on any atom is -0.398 e. The van der Waals surface area contributed by atoms with E-state index in [-0.39, 0.29) is 22.0 Å². The fourth-order valence-electron chi connectivity index (χ4n) is 1.67. The molecule has 0 saturated carbocycles. The monoisotopic (exact) mass is 306 g/mol. The van der Waals surface area contributed by atoms with Crippen LogP contribution in [-0.4, -0.2) is 19.3 Å². The smallest absolute Gasteiger partial charge is 0.265 e. The highest BCUT2D eigenvalue weighted by Gasteiger charge is 2.19. The van der Waals surface area contributed by atoms with Crippen molar-refractivity contribution in [3.05, 3.63) is 47.7 Å². The van der Waals surface area contributed by atoms with Gasteiger partial charge in [0.25, 0.3) is 10.0 Å². The van der Waals surface area contributed by atoms with Crippen LogP contribution in [0.4, 0.5) is 11.5 Å². The molecule has 0 aliphatic carbocycles. The number of anilines is 2. The third kappa shape index (κ3) is 3.29. The number of hydrogen-bond acceptors (Lipinski definition) is 5. The Labute approximate surface area is 122 Å². The summed E-state index contributed by atoms with van der Waals surface area (Å²) in [7, 11) is -3.89. The Morgan fingerprint density at radius 1 is 1.24 bits per heavy atom. The van der Waals surface area contributed by atoms with E-state index in [0.717, 1.165) is 5.56 Å². The summed E-state index contributed by atoms with van der Waals surface area (Å²) in [6.07, 6.45) is 1.54. The third-order valence-corrected chi connectivity index (χ3v) is 4.16. The van der Waals surface area contributed by atoms with Crippen LogP contribution >= 0.6 is 0 Å². The minimum atomic E-state index is -3.89. The predicted octanol–water partition coefficient (Wildman–Crippen LogP) is 0.872. The van der Waals surface area contributed by atoms with Gasteiger partial charge in [0, 0.05) is 11.8 Å². The Hall–Kier alpha value is -2.61. The number of pyridine rings is 1. The number of sulfonamides is 1. The Kier molecular flexibility index (Phi) is 3.81. The highest BCUT2D eigenvalue weighted by atomic mass is 32.2. The highest BCUT2D eigenvalue weighted by Crippen LogP contribution is 2.22. The van der Waals surface area contributed by atoms with Crippen LogP contribution in [0.1, 0.15) is 15.9 Å². The van der Waals surface area contributed by atoms with Crippen molar-refractivity contribution in [2.24, 2.45) is 5.73 Å². The number of nitrogens with two attached hydrogens (primary N) is 2. The number of rotatable bonds is 4. The molecule has 21 heavy (non-hydrogen) atoms. The number of hydrogen-bond donors (Lipinski definition) is 3. The van der Waals surface area contributed by atoms with E-state index in [9.17, 15) is 13.2 Å². The number of carbonyl (C=O) groups is 1. The first-order valence-electron chi connectivity index (χ1n) is 5.94. The molecule has 0 bridgehead atoms. The summed E-state index contributed by atoms with van der Waals surface area (Å²) in [4.78, 5) is 14.8. The van der Waals surface area contributed by atoms with E-state index in [1.54, 1.807) is 12.1 Å². The van der Waals surface area contributed by atoms with Gasteiger partial charge in [0.15, 0.2) is 0 Å². The van der Waals surface area contributed by atoms with Crippen molar-refractivity contribution >= 4 is 27.4 Å². The van der Waals surface area contributed by atoms with Gasteiger partial charge >= 0.3 is 0 Å². The summed E-state index contributed by atoms with van der Waals surface area (Å²) in [5, 5.41) is 0. The number of carbonyl (C=O) groups excluding carboxylic acids is 1. The summed E-state index contributed by atoms with van der Waals surface area (Å²) < 4.78 is 26.8. The number of aryl methyl sites for hydroxylation is 1. The van der Waals surface area contributed by atoms with Crippen LogP contribution in [0, 0.1) is 6.92 Å². The maximum atomic E-state index is 12.2. The molecule has 1 aromatic carbocycles. The SMILES string of the molecule is Cc1ccc(NS(=O)(=O)c2ccc(C(N)=O)cc2N)nc1. The second kappa shape index (κ2) is 5.41. The van der Waals surface area contributed by atoms with Crippen molar-refractivity contribution in [3.63, 3.8) is 0 Å². The first-order chi connectivity index (χ1) is 9.79. The molecular formula is C13H14N4O3S. The van der Waals surface area contributed by atoms with E-state index >= 15 is 0 Å². The van der Waals surface area contributed by atoms with E-state index in [4.69, 9.17) is 11.5 Å². The minimum absolute atomic E-state index is 0.0640. The molecule has 5 N–H and O–H groups in total. The lowest BCUT2D eigenvalue weighted by molar-refractivity contribution is 0.1000. The molecule has 7 nitrogen and oxygen atoms in total. The molecule has 0 spiro atoms. The Bertz CT molecular complexity index is 786. The third-order valence-electron chi connectivity index (χ3n) is 2.73. The summed E-state index contributed by atoms with van der Waals surface area (Å²) in [5.74, 6) is -0.502. The highest BCUT2D eigenvalue weighted by molar-refractivity contribution is 7.92. The van der Waals surface area contributed by atoms with E-state index in [1.807, 2.05) is 6.92 Å². The first-order valence-corrected chi connectivity index (χ1v) is 7.43. The second-order valence-corrected chi connectivity index (χ2v) is 6.09. The Balaban J connectivity index is 2.35. The van der Waals surface area contributed by atoms with Gasteiger partial charge in [-0.25, -0.2) is 13.4 Å². The van der Waals surface area contributed by atoms with Crippen LogP contribution in [0.2, 0.25) is 0 Å². The van der Waals surface area contributed by atoms with Gasteiger partial charge in [0.2, 0.25) is 5.91 Å². The topological polar surface area (TPSA) is 128 Å². The second-order valence-electron chi connectivity index (χ2n) is 4.44. The van der Waals surface area contributed by atoms with Gasteiger partial charge in [-0.3, -0.25) is 9.52 Å². The standard InChI is InChI=1S/C13H14N4O3S/c1-8-2-5-12(16-7-8)17-21(19,20)11-4-3-9(13(15)18)6-10(11)14/h2-7H,14H2,1H3,(H2,15,18)(H,16,17). The molecule has 1 amide bonds. The zero-order valence-corrected chi connectivity index (χ0v) is 12.0. The maximum absolute atomic E-state index is 12.2. The van der Waals surface area contributed by atoms with Crippen molar-refractivity contribution in [1.29, 1.82) is 0 Å². The van der Waals surface area contributed by atoms with E-state index in [1.165, 1.54) is 24.4 Å². The van der Waals surface area contributed by atoms with Gasteiger partial charge in [0.05, 0.1) is 5.69 Å². The predicted molar refractivity (Wildman–Crippen MR) is 79.2 cm³/mol. The average molecular weight is 306 g/mol. The molecule has 0 radical (unpaired) electrons. The largest absolute Gasteiger partial charge is 0.398 e. The number of primary amides is 1. The summed E-state index contributed by atoms with van der Waals surface area (Å²) >= 11 is 0. The van der Waals surface area contributed by atoms with Crippen molar-refractivity contribution < 1.29 is 13.2 Å². The number of nitrogens with one attached hydrogen (secondary N) is 1. The summed E-state index contributed by atoms with van der Waals surface area (Å²) in [6.45, 7) is 1.84. The quantitative estimate of drug-likeness (QED) is 0.722. The fourth-order valence-corrected chi connectivity index (χ4v) is 2.79. The number of amides is 1. The summed E-state index contributed by atoms with van der Waals surface area (Å²) in [6, 6.07) is 7.02. The molecule has 0 aliphatic rings. The van der Waals surface area contributed by atoms with Crippen LogP contribution in [0.3, 0.4) is 0 Å². The maximum Gasteiger partial charge on any atom is 0.265 e. The van der Waals surface area contributed by atoms with Gasteiger partial charge < -0.3 is 11.5 Å². The summed E-state index contributed by atoms with van der Waals surface area (Å²) in [5.41, 5.74) is 11.8. The van der Waals surface area contributed by atoms with E-state index in [0.29, 0.717) is 0 Å². The zero-order chi connectivity index (χ0) is 15.6. The Morgan fingerprint density at radius 2 is 1.95 bits per heavy atom. The number of nitrogens with zero attached hydrogens (tertiary/aromatic N) is 1. The first kappa shape index (κ1) is 14.8. The number of benzene rings is 1. The molecule has 0 atom stereocenters. The fraction of sp³-hybridized carbons (Fsp3) is 0.0769. The van der Waals surface area contributed by atoms with Crippen molar-refractivity contribution in [2.75, 3.05) is 10.5 Å². The zero-order valence-electron chi connectivity index (χ0n) is 11.2. The van der Waals surface area contributed by atoms with Gasteiger partial charge in [-0.1, -0.05) is 6.07 Å². The van der Waals surface area contributed by atoms with Crippen LogP contribution in [0.25, 0.3) is 0 Å². The molecular weight excluding hydrogens is 292 g/mol. The molecule has 8 heteroatoms. The average Bonchev–Trinajstić information content (AvgIpc) is 2.40. The van der Waals surface area contributed by atoms with Gasteiger partial charge in [-0.2, -0.15) is 0 Å². The van der Waals surface area contributed by atoms with Crippen molar-refractivity contribution in [3.8, 4) is 0 Å². The molecule has 0 aliphatic heterocycles. The Morgan fingerprint density at radius 3 is 2.48 bits per heavy atom. The molecule has 2 rings (SSSR count). The molecule has 1 heterocycles. The molecule has 110 valence electrons. The van der Waals surface area contributed by atoms with Crippen molar-refractivity contribution in [1.82, 2.24) is 4.98 Å². The number of aromatic nitrogens is 1.